The zero-order valence-electron chi connectivity index (χ0n) is 10.9. The molecule has 0 amide bonds. The van der Waals surface area contributed by atoms with E-state index in [0.29, 0.717) is 5.56 Å². The predicted molar refractivity (Wildman–Crippen MR) is 72.8 cm³/mol. The molecule has 2 aromatic heterocycles. The van der Waals surface area contributed by atoms with Crippen LogP contribution in [0.3, 0.4) is 0 Å². The third-order valence-electron chi connectivity index (χ3n) is 3.43. The third kappa shape index (κ3) is 2.08. The Morgan fingerprint density at radius 3 is 2.79 bits per heavy atom. The summed E-state index contributed by atoms with van der Waals surface area (Å²) in [6.45, 7) is 3.90. The second-order valence-corrected chi connectivity index (χ2v) is 4.79. The SMILES string of the molecule is Cc1cc(-c2ccco2)c(C#N)c(N2CCCC2)n1. The topological polar surface area (TPSA) is 53.1 Å². The molecule has 1 saturated heterocycles. The lowest BCUT2D eigenvalue weighted by Gasteiger charge is -2.19. The van der Waals surface area contributed by atoms with Crippen LogP contribution in [0.5, 0.6) is 0 Å². The molecule has 0 radical (unpaired) electrons. The van der Waals surface area contributed by atoms with E-state index in [-0.39, 0.29) is 0 Å². The predicted octanol–water partition coefficient (Wildman–Crippen LogP) is 3.12. The number of aryl methyl sites for hydroxylation is 1. The zero-order valence-corrected chi connectivity index (χ0v) is 10.9. The van der Waals surface area contributed by atoms with E-state index >= 15 is 0 Å². The van der Waals surface area contributed by atoms with Crippen LogP contribution in [0.1, 0.15) is 24.1 Å². The Kier molecular flexibility index (Phi) is 2.96. The summed E-state index contributed by atoms with van der Waals surface area (Å²) in [4.78, 5) is 6.75. The van der Waals surface area contributed by atoms with Crippen LogP contribution in [0.2, 0.25) is 0 Å². The first-order valence-corrected chi connectivity index (χ1v) is 6.50. The molecule has 19 heavy (non-hydrogen) atoms. The van der Waals surface area contributed by atoms with E-state index in [2.05, 4.69) is 16.0 Å². The van der Waals surface area contributed by atoms with E-state index in [9.17, 15) is 5.26 Å². The van der Waals surface area contributed by atoms with Gasteiger partial charge in [0.15, 0.2) is 0 Å². The van der Waals surface area contributed by atoms with Crippen LogP contribution in [0.4, 0.5) is 5.82 Å². The van der Waals surface area contributed by atoms with Gasteiger partial charge in [0, 0.05) is 24.3 Å². The number of hydrogen-bond acceptors (Lipinski definition) is 4. The fraction of sp³-hybridized carbons (Fsp3) is 0.333. The van der Waals surface area contributed by atoms with E-state index in [4.69, 9.17) is 4.42 Å². The molecule has 1 aliphatic heterocycles. The maximum Gasteiger partial charge on any atom is 0.147 e. The van der Waals surface area contributed by atoms with Gasteiger partial charge in [-0.2, -0.15) is 5.26 Å². The molecule has 0 saturated carbocycles. The summed E-state index contributed by atoms with van der Waals surface area (Å²) in [7, 11) is 0. The molecule has 0 aromatic carbocycles. The lowest BCUT2D eigenvalue weighted by Crippen LogP contribution is -2.21. The van der Waals surface area contributed by atoms with Crippen molar-refractivity contribution in [1.29, 1.82) is 5.26 Å². The Bertz CT molecular complexity index is 620. The first kappa shape index (κ1) is 11.8. The second kappa shape index (κ2) is 4.77. The summed E-state index contributed by atoms with van der Waals surface area (Å²) in [5.41, 5.74) is 2.36. The van der Waals surface area contributed by atoms with Crippen LogP contribution in [0, 0.1) is 18.3 Å². The lowest BCUT2D eigenvalue weighted by atomic mass is 10.1. The van der Waals surface area contributed by atoms with Gasteiger partial charge in [-0.05, 0) is 38.0 Å². The third-order valence-corrected chi connectivity index (χ3v) is 3.43. The van der Waals surface area contributed by atoms with Gasteiger partial charge in [-0.1, -0.05) is 0 Å². The van der Waals surface area contributed by atoms with Crippen LogP contribution in [0.25, 0.3) is 11.3 Å². The Labute approximate surface area is 112 Å². The maximum atomic E-state index is 9.49. The Morgan fingerprint density at radius 2 is 2.16 bits per heavy atom. The number of anilines is 1. The fourth-order valence-corrected chi connectivity index (χ4v) is 2.55. The Morgan fingerprint density at radius 1 is 1.37 bits per heavy atom. The molecule has 0 N–H and O–H groups in total. The molecule has 0 aliphatic carbocycles. The molecule has 0 atom stereocenters. The van der Waals surface area contributed by atoms with Crippen molar-refractivity contribution in [2.75, 3.05) is 18.0 Å². The molecule has 0 spiro atoms. The molecule has 96 valence electrons. The quantitative estimate of drug-likeness (QED) is 0.825. The summed E-state index contributed by atoms with van der Waals surface area (Å²) >= 11 is 0. The minimum Gasteiger partial charge on any atom is -0.464 e. The van der Waals surface area contributed by atoms with Crippen molar-refractivity contribution in [3.8, 4) is 17.4 Å². The maximum absolute atomic E-state index is 9.49. The summed E-state index contributed by atoms with van der Waals surface area (Å²) in [5, 5.41) is 9.49. The number of pyridine rings is 1. The normalized spacial score (nSPS) is 14.6. The van der Waals surface area contributed by atoms with Gasteiger partial charge in [0.1, 0.15) is 23.2 Å². The van der Waals surface area contributed by atoms with Crippen LogP contribution >= 0.6 is 0 Å². The van der Waals surface area contributed by atoms with Crippen molar-refractivity contribution in [2.24, 2.45) is 0 Å². The lowest BCUT2D eigenvalue weighted by molar-refractivity contribution is 0.582. The number of hydrogen-bond donors (Lipinski definition) is 0. The summed E-state index contributed by atoms with van der Waals surface area (Å²) in [6.07, 6.45) is 3.95. The van der Waals surface area contributed by atoms with Crippen LogP contribution in [-0.2, 0) is 0 Å². The average Bonchev–Trinajstić information content (AvgIpc) is 3.11. The van der Waals surface area contributed by atoms with Gasteiger partial charge >= 0.3 is 0 Å². The number of aromatic nitrogens is 1. The summed E-state index contributed by atoms with van der Waals surface area (Å²) < 4.78 is 5.44. The van der Waals surface area contributed by atoms with Gasteiger partial charge in [0.25, 0.3) is 0 Å². The molecule has 3 heterocycles. The molecule has 3 rings (SSSR count). The number of nitriles is 1. The second-order valence-electron chi connectivity index (χ2n) is 4.79. The van der Waals surface area contributed by atoms with Crippen molar-refractivity contribution >= 4 is 5.82 Å². The highest BCUT2D eigenvalue weighted by atomic mass is 16.3. The molecule has 1 aliphatic rings. The van der Waals surface area contributed by atoms with Gasteiger partial charge in [-0.25, -0.2) is 4.98 Å². The molecule has 1 fully saturated rings. The number of furan rings is 1. The molecule has 4 heteroatoms. The first-order valence-electron chi connectivity index (χ1n) is 6.50. The summed E-state index contributed by atoms with van der Waals surface area (Å²) in [5.74, 6) is 1.52. The highest BCUT2D eigenvalue weighted by Gasteiger charge is 2.21. The highest BCUT2D eigenvalue weighted by Crippen LogP contribution is 2.32. The standard InChI is InChI=1S/C15H15N3O/c1-11-9-12(14-5-4-8-19-14)13(10-16)15(17-11)18-6-2-3-7-18/h4-5,8-9H,2-3,6-7H2,1H3. The summed E-state index contributed by atoms with van der Waals surface area (Å²) in [6, 6.07) is 7.92. The van der Waals surface area contributed by atoms with E-state index in [1.165, 1.54) is 0 Å². The van der Waals surface area contributed by atoms with Crippen LogP contribution in [-0.4, -0.2) is 18.1 Å². The minimum absolute atomic E-state index is 0.613. The van der Waals surface area contributed by atoms with Gasteiger partial charge < -0.3 is 9.32 Å². The van der Waals surface area contributed by atoms with Crippen LogP contribution < -0.4 is 4.90 Å². The van der Waals surface area contributed by atoms with E-state index < -0.39 is 0 Å². The molecule has 4 nitrogen and oxygen atoms in total. The van der Waals surface area contributed by atoms with E-state index in [1.807, 2.05) is 25.1 Å². The largest absolute Gasteiger partial charge is 0.464 e. The number of rotatable bonds is 2. The smallest absolute Gasteiger partial charge is 0.147 e. The Hall–Kier alpha value is -2.28. The zero-order chi connectivity index (χ0) is 13.2. The molecular formula is C15H15N3O. The Balaban J connectivity index is 2.17. The van der Waals surface area contributed by atoms with E-state index in [0.717, 1.165) is 48.8 Å². The van der Waals surface area contributed by atoms with Gasteiger partial charge in [0.05, 0.1) is 6.26 Å². The van der Waals surface area contributed by atoms with Crippen molar-refractivity contribution in [1.82, 2.24) is 4.98 Å². The van der Waals surface area contributed by atoms with Crippen molar-refractivity contribution in [3.63, 3.8) is 0 Å². The highest BCUT2D eigenvalue weighted by molar-refractivity contribution is 5.74. The van der Waals surface area contributed by atoms with Crippen molar-refractivity contribution in [3.05, 3.63) is 35.7 Å². The molecule has 2 aromatic rings. The van der Waals surface area contributed by atoms with Gasteiger partial charge in [0.2, 0.25) is 0 Å². The van der Waals surface area contributed by atoms with E-state index in [1.54, 1.807) is 6.26 Å². The average molecular weight is 253 g/mol. The number of nitrogens with zero attached hydrogens (tertiary/aromatic N) is 3. The molecule has 0 unspecified atom stereocenters. The van der Waals surface area contributed by atoms with Crippen LogP contribution in [0.15, 0.2) is 28.9 Å². The molecule has 0 bridgehead atoms. The van der Waals surface area contributed by atoms with Crippen molar-refractivity contribution in [2.45, 2.75) is 19.8 Å². The van der Waals surface area contributed by atoms with Gasteiger partial charge in [-0.15, -0.1) is 0 Å². The fourth-order valence-electron chi connectivity index (χ4n) is 2.55. The van der Waals surface area contributed by atoms with Crippen molar-refractivity contribution < 1.29 is 4.42 Å². The monoisotopic (exact) mass is 253 g/mol. The molecular weight excluding hydrogens is 238 g/mol. The minimum atomic E-state index is 0.613. The first-order chi connectivity index (χ1) is 9.29. The van der Waals surface area contributed by atoms with Gasteiger partial charge in [-0.3, -0.25) is 0 Å².